The van der Waals surface area contributed by atoms with Gasteiger partial charge >= 0.3 is 0 Å². The Kier molecular flexibility index (Phi) is 5.52. The number of aromatic amines is 1. The molecule has 0 aliphatic heterocycles. The van der Waals surface area contributed by atoms with Crippen LogP contribution < -0.4 is 5.32 Å². The summed E-state index contributed by atoms with van der Waals surface area (Å²) in [7, 11) is 1.65. The van der Waals surface area contributed by atoms with Crippen molar-refractivity contribution < 1.29 is 9.53 Å². The molecule has 2 N–H and O–H groups in total. The lowest BCUT2D eigenvalue weighted by atomic mass is 10.1. The van der Waals surface area contributed by atoms with Crippen molar-refractivity contribution >= 4 is 21.8 Å². The highest BCUT2D eigenvalue weighted by molar-refractivity contribution is 9.10. The van der Waals surface area contributed by atoms with Crippen LogP contribution >= 0.6 is 15.9 Å². The number of carbonyl (C=O) groups excluding carboxylic acids is 1. The molecule has 0 aliphatic carbocycles. The predicted octanol–water partition coefficient (Wildman–Crippen LogP) is 2.99. The number of methoxy groups -OCH3 is 1. The Bertz CT molecular complexity index is 595. The van der Waals surface area contributed by atoms with E-state index in [1.165, 1.54) is 0 Å². The third-order valence-corrected chi connectivity index (χ3v) is 3.62. The first kappa shape index (κ1) is 15.7. The SMILES string of the molecule is COCCC(C)NC(=O)c1cc(-c2ccc(Br)cc2)n[nH]1. The van der Waals surface area contributed by atoms with Gasteiger partial charge in [-0.15, -0.1) is 0 Å². The number of amides is 1. The Balaban J connectivity index is 2.02. The fourth-order valence-electron chi connectivity index (χ4n) is 1.87. The zero-order valence-electron chi connectivity index (χ0n) is 12.0. The molecule has 0 radical (unpaired) electrons. The Hall–Kier alpha value is -1.66. The van der Waals surface area contributed by atoms with Crippen molar-refractivity contribution in [3.63, 3.8) is 0 Å². The fraction of sp³-hybridized carbons (Fsp3) is 0.333. The summed E-state index contributed by atoms with van der Waals surface area (Å²) in [6.07, 6.45) is 0.774. The van der Waals surface area contributed by atoms with Crippen molar-refractivity contribution in [2.45, 2.75) is 19.4 Å². The summed E-state index contributed by atoms with van der Waals surface area (Å²) in [5.41, 5.74) is 2.16. The molecule has 0 saturated carbocycles. The zero-order valence-corrected chi connectivity index (χ0v) is 13.6. The molecule has 1 aromatic heterocycles. The zero-order chi connectivity index (χ0) is 15.2. The molecule has 21 heavy (non-hydrogen) atoms. The number of ether oxygens (including phenoxy) is 1. The van der Waals surface area contributed by atoms with Crippen molar-refractivity contribution in [2.24, 2.45) is 0 Å². The number of carbonyl (C=O) groups is 1. The van der Waals surface area contributed by atoms with E-state index in [0.29, 0.717) is 12.3 Å². The Morgan fingerprint density at radius 1 is 1.43 bits per heavy atom. The van der Waals surface area contributed by atoms with Gasteiger partial charge in [-0.1, -0.05) is 28.1 Å². The van der Waals surface area contributed by atoms with Crippen LogP contribution in [0.5, 0.6) is 0 Å². The maximum atomic E-state index is 12.1. The number of nitrogens with one attached hydrogen (secondary N) is 2. The molecule has 1 unspecified atom stereocenters. The van der Waals surface area contributed by atoms with E-state index in [0.717, 1.165) is 22.2 Å². The average molecular weight is 352 g/mol. The van der Waals surface area contributed by atoms with Gasteiger partial charge in [0.1, 0.15) is 5.69 Å². The molecule has 2 rings (SSSR count). The summed E-state index contributed by atoms with van der Waals surface area (Å²) < 4.78 is 6.00. The van der Waals surface area contributed by atoms with Crippen LogP contribution in [0.2, 0.25) is 0 Å². The van der Waals surface area contributed by atoms with Crippen LogP contribution in [-0.4, -0.2) is 35.9 Å². The third kappa shape index (κ3) is 4.41. The van der Waals surface area contributed by atoms with Gasteiger partial charge in [0.05, 0.1) is 5.69 Å². The Labute approximate surface area is 132 Å². The molecule has 0 aliphatic rings. The number of H-pyrrole nitrogens is 1. The molecule has 5 nitrogen and oxygen atoms in total. The quantitative estimate of drug-likeness (QED) is 0.840. The largest absolute Gasteiger partial charge is 0.385 e. The minimum absolute atomic E-state index is 0.0527. The van der Waals surface area contributed by atoms with E-state index in [1.807, 2.05) is 31.2 Å². The number of aromatic nitrogens is 2. The lowest BCUT2D eigenvalue weighted by molar-refractivity contribution is 0.0924. The first-order chi connectivity index (χ1) is 10.1. The van der Waals surface area contributed by atoms with Crippen LogP contribution in [0.1, 0.15) is 23.8 Å². The standard InChI is InChI=1S/C15H18BrN3O2/c1-10(7-8-21-2)17-15(20)14-9-13(18-19-14)11-3-5-12(16)6-4-11/h3-6,9-10H,7-8H2,1-2H3,(H,17,20)(H,18,19). The van der Waals surface area contributed by atoms with Crippen LogP contribution in [0, 0.1) is 0 Å². The third-order valence-electron chi connectivity index (χ3n) is 3.09. The molecule has 0 fully saturated rings. The number of hydrogen-bond donors (Lipinski definition) is 2. The van der Waals surface area contributed by atoms with Crippen molar-refractivity contribution in [1.82, 2.24) is 15.5 Å². The maximum Gasteiger partial charge on any atom is 0.269 e. The van der Waals surface area contributed by atoms with Crippen LogP contribution in [0.3, 0.4) is 0 Å². The molecule has 1 heterocycles. The highest BCUT2D eigenvalue weighted by atomic mass is 79.9. The number of nitrogens with zero attached hydrogens (tertiary/aromatic N) is 1. The lowest BCUT2D eigenvalue weighted by Crippen LogP contribution is -2.33. The second-order valence-electron chi connectivity index (χ2n) is 4.83. The molecule has 1 amide bonds. The van der Waals surface area contributed by atoms with Gasteiger partial charge in [-0.25, -0.2) is 0 Å². The Morgan fingerprint density at radius 2 is 2.14 bits per heavy atom. The smallest absolute Gasteiger partial charge is 0.269 e. The topological polar surface area (TPSA) is 67.0 Å². The number of halogens is 1. The molecule has 0 bridgehead atoms. The maximum absolute atomic E-state index is 12.1. The molecule has 0 spiro atoms. The summed E-state index contributed by atoms with van der Waals surface area (Å²) in [5.74, 6) is -0.158. The molecule has 112 valence electrons. The first-order valence-electron chi connectivity index (χ1n) is 6.71. The average Bonchev–Trinajstić information content (AvgIpc) is 2.96. The first-order valence-corrected chi connectivity index (χ1v) is 7.50. The monoisotopic (exact) mass is 351 g/mol. The van der Waals surface area contributed by atoms with Crippen molar-refractivity contribution in [3.05, 3.63) is 40.5 Å². The summed E-state index contributed by atoms with van der Waals surface area (Å²) in [5, 5.41) is 9.86. The summed E-state index contributed by atoms with van der Waals surface area (Å²) in [6.45, 7) is 2.57. The highest BCUT2D eigenvalue weighted by Gasteiger charge is 2.13. The van der Waals surface area contributed by atoms with Gasteiger partial charge in [0.15, 0.2) is 0 Å². The van der Waals surface area contributed by atoms with Crippen molar-refractivity contribution in [3.8, 4) is 11.3 Å². The molecule has 6 heteroatoms. The fourth-order valence-corrected chi connectivity index (χ4v) is 2.14. The molecule has 1 atom stereocenters. The minimum atomic E-state index is -0.158. The van der Waals surface area contributed by atoms with Gasteiger partial charge in [-0.05, 0) is 31.5 Å². The second-order valence-corrected chi connectivity index (χ2v) is 5.75. The van der Waals surface area contributed by atoms with Gasteiger partial charge in [-0.2, -0.15) is 5.10 Å². The molecular formula is C15H18BrN3O2. The van der Waals surface area contributed by atoms with Gasteiger partial charge in [0.2, 0.25) is 0 Å². The summed E-state index contributed by atoms with van der Waals surface area (Å²) in [4.78, 5) is 12.1. The predicted molar refractivity (Wildman–Crippen MR) is 85.1 cm³/mol. The van der Waals surface area contributed by atoms with Crippen LogP contribution in [-0.2, 0) is 4.74 Å². The Morgan fingerprint density at radius 3 is 2.81 bits per heavy atom. The van der Waals surface area contributed by atoms with E-state index in [9.17, 15) is 4.79 Å². The molecule has 2 aromatic rings. The van der Waals surface area contributed by atoms with E-state index in [2.05, 4.69) is 31.4 Å². The van der Waals surface area contributed by atoms with Gasteiger partial charge in [0, 0.05) is 29.8 Å². The van der Waals surface area contributed by atoms with Gasteiger partial charge in [0.25, 0.3) is 5.91 Å². The van der Waals surface area contributed by atoms with Crippen molar-refractivity contribution in [2.75, 3.05) is 13.7 Å². The van der Waals surface area contributed by atoms with E-state index in [-0.39, 0.29) is 11.9 Å². The number of rotatable bonds is 6. The summed E-state index contributed by atoms with van der Waals surface area (Å²) in [6, 6.07) is 9.58. The summed E-state index contributed by atoms with van der Waals surface area (Å²) >= 11 is 3.39. The van der Waals surface area contributed by atoms with Crippen molar-refractivity contribution in [1.29, 1.82) is 0 Å². The number of benzene rings is 1. The highest BCUT2D eigenvalue weighted by Crippen LogP contribution is 2.20. The van der Waals surface area contributed by atoms with Crippen LogP contribution in [0.15, 0.2) is 34.8 Å². The molecule has 1 aromatic carbocycles. The van der Waals surface area contributed by atoms with Crippen LogP contribution in [0.4, 0.5) is 0 Å². The van der Waals surface area contributed by atoms with E-state index < -0.39 is 0 Å². The van der Waals surface area contributed by atoms with E-state index >= 15 is 0 Å². The van der Waals surface area contributed by atoms with Gasteiger partial charge in [-0.3, -0.25) is 9.89 Å². The van der Waals surface area contributed by atoms with E-state index in [1.54, 1.807) is 13.2 Å². The minimum Gasteiger partial charge on any atom is -0.385 e. The lowest BCUT2D eigenvalue weighted by Gasteiger charge is -2.11. The normalized spacial score (nSPS) is 12.1. The van der Waals surface area contributed by atoms with Gasteiger partial charge < -0.3 is 10.1 Å². The number of hydrogen-bond acceptors (Lipinski definition) is 3. The van der Waals surface area contributed by atoms with Crippen LogP contribution in [0.25, 0.3) is 11.3 Å². The van der Waals surface area contributed by atoms with E-state index in [4.69, 9.17) is 4.74 Å². The molecule has 0 saturated heterocycles. The second kappa shape index (κ2) is 7.38. The molecular weight excluding hydrogens is 334 g/mol.